The molecule has 2 aromatic heterocycles. The number of anilines is 1. The molecule has 148 valence electrons. The first-order chi connectivity index (χ1) is 13.7. The Labute approximate surface area is 165 Å². The van der Waals surface area contributed by atoms with Gasteiger partial charge in [-0.3, -0.25) is 9.78 Å². The van der Waals surface area contributed by atoms with Gasteiger partial charge in [-0.15, -0.1) is 0 Å². The molecule has 4 heterocycles. The Kier molecular flexibility index (Phi) is 5.81. The molecule has 0 unspecified atom stereocenters. The summed E-state index contributed by atoms with van der Waals surface area (Å²) in [6.07, 6.45) is 5.73. The third-order valence-corrected chi connectivity index (χ3v) is 5.51. The highest BCUT2D eigenvalue weighted by molar-refractivity contribution is 5.78. The maximum atomic E-state index is 12.6. The van der Waals surface area contributed by atoms with Crippen molar-refractivity contribution < 1.29 is 9.53 Å². The van der Waals surface area contributed by atoms with Crippen LogP contribution in [-0.2, 0) is 16.0 Å². The largest absolute Gasteiger partial charge is 0.378 e. The van der Waals surface area contributed by atoms with Crippen molar-refractivity contribution in [2.75, 3.05) is 44.3 Å². The molecule has 4 rings (SSSR count). The zero-order valence-electron chi connectivity index (χ0n) is 16.4. The van der Waals surface area contributed by atoms with Gasteiger partial charge in [-0.1, -0.05) is 0 Å². The summed E-state index contributed by atoms with van der Waals surface area (Å²) in [5.74, 6) is 2.41. The summed E-state index contributed by atoms with van der Waals surface area (Å²) in [4.78, 5) is 30.4. The van der Waals surface area contributed by atoms with Crippen molar-refractivity contribution in [2.24, 2.45) is 0 Å². The summed E-state index contributed by atoms with van der Waals surface area (Å²) in [5.41, 5.74) is 2.02. The van der Waals surface area contributed by atoms with E-state index in [9.17, 15) is 4.79 Å². The summed E-state index contributed by atoms with van der Waals surface area (Å²) in [7, 11) is 0. The molecule has 7 heteroatoms. The smallest absolute Gasteiger partial charge is 0.226 e. The van der Waals surface area contributed by atoms with Crippen molar-refractivity contribution in [3.8, 4) is 0 Å². The number of carbonyl (C=O) groups excluding carboxylic acids is 1. The second kappa shape index (κ2) is 8.65. The van der Waals surface area contributed by atoms with E-state index in [-0.39, 0.29) is 5.91 Å². The molecule has 1 amide bonds. The topological polar surface area (TPSA) is 71.5 Å². The molecular weight excluding hydrogens is 354 g/mol. The van der Waals surface area contributed by atoms with Crippen LogP contribution in [-0.4, -0.2) is 65.2 Å². The molecule has 0 bridgehead atoms. The molecule has 0 aliphatic carbocycles. The average Bonchev–Trinajstić information content (AvgIpc) is 2.75. The molecule has 2 aromatic rings. The van der Waals surface area contributed by atoms with Crippen LogP contribution in [0, 0.1) is 6.92 Å². The number of hydrogen-bond acceptors (Lipinski definition) is 6. The Balaban J connectivity index is 1.38. The molecule has 0 aromatic carbocycles. The minimum atomic E-state index is 0.184. The molecule has 7 nitrogen and oxygen atoms in total. The molecule has 0 radical (unpaired) electrons. The van der Waals surface area contributed by atoms with Crippen LogP contribution in [0.2, 0.25) is 0 Å². The zero-order valence-corrected chi connectivity index (χ0v) is 16.4. The number of ether oxygens (including phenoxy) is 1. The van der Waals surface area contributed by atoms with Gasteiger partial charge in [0.2, 0.25) is 5.91 Å². The van der Waals surface area contributed by atoms with Crippen LogP contribution in [0.5, 0.6) is 0 Å². The summed E-state index contributed by atoms with van der Waals surface area (Å²) >= 11 is 0. The number of aryl methyl sites for hydroxylation is 1. The van der Waals surface area contributed by atoms with Crippen LogP contribution in [0.1, 0.15) is 35.8 Å². The molecule has 0 saturated carbocycles. The highest BCUT2D eigenvalue weighted by Gasteiger charge is 2.26. The van der Waals surface area contributed by atoms with E-state index in [4.69, 9.17) is 14.7 Å². The van der Waals surface area contributed by atoms with Gasteiger partial charge in [-0.2, -0.15) is 0 Å². The Hall–Kier alpha value is -2.54. The van der Waals surface area contributed by atoms with E-state index < -0.39 is 0 Å². The molecule has 0 spiro atoms. The van der Waals surface area contributed by atoms with Gasteiger partial charge < -0.3 is 14.5 Å². The number of pyridine rings is 1. The van der Waals surface area contributed by atoms with Crippen LogP contribution >= 0.6 is 0 Å². The van der Waals surface area contributed by atoms with Gasteiger partial charge in [0, 0.05) is 56.3 Å². The lowest BCUT2D eigenvalue weighted by Crippen LogP contribution is -2.39. The molecule has 0 N–H and O–H groups in total. The van der Waals surface area contributed by atoms with Gasteiger partial charge in [-0.25, -0.2) is 9.97 Å². The standard InChI is InChI=1S/C21H27N5O2/c1-16-14-19(25-10-12-28-13-11-25)24-21(23-16)18-4-8-26(9-5-18)20(27)15-17-2-6-22-7-3-17/h2-3,6-7,14,18H,4-5,8-13,15H2,1H3. The molecule has 2 fully saturated rings. The highest BCUT2D eigenvalue weighted by atomic mass is 16.5. The third kappa shape index (κ3) is 4.47. The highest BCUT2D eigenvalue weighted by Crippen LogP contribution is 2.28. The average molecular weight is 381 g/mol. The van der Waals surface area contributed by atoms with Gasteiger partial charge in [0.05, 0.1) is 19.6 Å². The minimum absolute atomic E-state index is 0.184. The molecule has 28 heavy (non-hydrogen) atoms. The van der Waals surface area contributed by atoms with Crippen molar-refractivity contribution in [1.82, 2.24) is 19.9 Å². The molecule has 2 aliphatic heterocycles. The summed E-state index contributed by atoms with van der Waals surface area (Å²) < 4.78 is 5.45. The second-order valence-corrected chi connectivity index (χ2v) is 7.51. The third-order valence-electron chi connectivity index (χ3n) is 5.51. The van der Waals surface area contributed by atoms with Crippen molar-refractivity contribution in [3.05, 3.63) is 47.7 Å². The lowest BCUT2D eigenvalue weighted by Gasteiger charge is -2.32. The number of piperidine rings is 1. The van der Waals surface area contributed by atoms with Crippen molar-refractivity contribution in [3.63, 3.8) is 0 Å². The van der Waals surface area contributed by atoms with Crippen LogP contribution in [0.3, 0.4) is 0 Å². The van der Waals surface area contributed by atoms with Gasteiger partial charge in [0.1, 0.15) is 11.6 Å². The zero-order chi connectivity index (χ0) is 19.3. The monoisotopic (exact) mass is 381 g/mol. The van der Waals surface area contributed by atoms with Crippen molar-refractivity contribution in [2.45, 2.75) is 32.1 Å². The van der Waals surface area contributed by atoms with Crippen LogP contribution in [0.15, 0.2) is 30.6 Å². The van der Waals surface area contributed by atoms with Gasteiger partial charge >= 0.3 is 0 Å². The molecule has 0 atom stereocenters. The number of amides is 1. The lowest BCUT2D eigenvalue weighted by atomic mass is 9.95. The fourth-order valence-corrected chi connectivity index (χ4v) is 3.89. The molecule has 2 saturated heterocycles. The van der Waals surface area contributed by atoms with Crippen LogP contribution in [0.4, 0.5) is 5.82 Å². The number of nitrogens with zero attached hydrogens (tertiary/aromatic N) is 5. The summed E-state index contributed by atoms with van der Waals surface area (Å²) in [6.45, 7) is 6.79. The quantitative estimate of drug-likeness (QED) is 0.806. The van der Waals surface area contributed by atoms with Gasteiger partial charge in [0.15, 0.2) is 0 Å². The normalized spacial score (nSPS) is 18.3. The predicted octanol–water partition coefficient (Wildman–Crippen LogP) is 1.97. The van der Waals surface area contributed by atoms with Crippen molar-refractivity contribution in [1.29, 1.82) is 0 Å². The fraction of sp³-hybridized carbons (Fsp3) is 0.524. The first-order valence-electron chi connectivity index (χ1n) is 10.0. The number of rotatable bonds is 4. The Morgan fingerprint density at radius 1 is 1.11 bits per heavy atom. The first-order valence-corrected chi connectivity index (χ1v) is 10.0. The van der Waals surface area contributed by atoms with E-state index in [1.54, 1.807) is 12.4 Å². The fourth-order valence-electron chi connectivity index (χ4n) is 3.89. The lowest BCUT2D eigenvalue weighted by molar-refractivity contribution is -0.131. The summed E-state index contributed by atoms with van der Waals surface area (Å²) in [6, 6.07) is 5.86. The van der Waals surface area contributed by atoms with E-state index in [2.05, 4.69) is 16.0 Å². The van der Waals surface area contributed by atoms with E-state index in [1.807, 2.05) is 24.0 Å². The number of likely N-dealkylation sites (tertiary alicyclic amines) is 1. The minimum Gasteiger partial charge on any atom is -0.378 e. The van der Waals surface area contributed by atoms with Crippen molar-refractivity contribution >= 4 is 11.7 Å². The Morgan fingerprint density at radius 2 is 1.82 bits per heavy atom. The number of morpholine rings is 1. The van der Waals surface area contributed by atoms with Crippen LogP contribution < -0.4 is 4.90 Å². The van der Waals surface area contributed by atoms with E-state index in [1.165, 1.54) is 0 Å². The predicted molar refractivity (Wildman–Crippen MR) is 106 cm³/mol. The Bertz CT molecular complexity index is 800. The van der Waals surface area contributed by atoms with Crippen LogP contribution in [0.25, 0.3) is 0 Å². The maximum Gasteiger partial charge on any atom is 0.226 e. The number of hydrogen-bond donors (Lipinski definition) is 0. The van der Waals surface area contributed by atoms with E-state index in [0.717, 1.165) is 75.1 Å². The van der Waals surface area contributed by atoms with E-state index >= 15 is 0 Å². The molecule has 2 aliphatic rings. The second-order valence-electron chi connectivity index (χ2n) is 7.51. The van der Waals surface area contributed by atoms with E-state index in [0.29, 0.717) is 12.3 Å². The number of carbonyl (C=O) groups is 1. The summed E-state index contributed by atoms with van der Waals surface area (Å²) in [5, 5.41) is 0. The maximum absolute atomic E-state index is 12.6. The van der Waals surface area contributed by atoms with Gasteiger partial charge in [0.25, 0.3) is 0 Å². The Morgan fingerprint density at radius 3 is 2.54 bits per heavy atom. The molecular formula is C21H27N5O2. The SMILES string of the molecule is Cc1cc(N2CCOCC2)nc(C2CCN(C(=O)Cc3ccncc3)CC2)n1. The first kappa shape index (κ1) is 18.8. The number of aromatic nitrogens is 3. The van der Waals surface area contributed by atoms with Gasteiger partial charge in [-0.05, 0) is 37.5 Å².